The summed E-state index contributed by atoms with van der Waals surface area (Å²) in [4.78, 5) is 11.4. The van der Waals surface area contributed by atoms with E-state index < -0.39 is 12.0 Å². The van der Waals surface area contributed by atoms with Crippen molar-refractivity contribution in [1.29, 1.82) is 0 Å². The van der Waals surface area contributed by atoms with Crippen molar-refractivity contribution in [2.45, 2.75) is 25.4 Å². The number of carboxylic acid groups (broad SMARTS) is 1. The van der Waals surface area contributed by atoms with Gasteiger partial charge in [-0.15, -0.1) is 0 Å². The number of rotatable bonds is 6. The number of carboxylic acids is 1. The highest BCUT2D eigenvalue weighted by Gasteiger charge is 2.21. The molecule has 0 heterocycles. The second-order valence-electron chi connectivity index (χ2n) is 4.94. The van der Waals surface area contributed by atoms with Crippen LogP contribution in [0.1, 0.15) is 24.1 Å². The van der Waals surface area contributed by atoms with E-state index in [0.717, 1.165) is 12.0 Å². The van der Waals surface area contributed by atoms with Crippen molar-refractivity contribution in [2.75, 3.05) is 0 Å². The summed E-state index contributed by atoms with van der Waals surface area (Å²) < 4.78 is 0. The molecule has 0 saturated carbocycles. The molecule has 104 valence electrons. The molecule has 3 heteroatoms. The lowest BCUT2D eigenvalue weighted by molar-refractivity contribution is -0.139. The first-order valence-electron chi connectivity index (χ1n) is 6.74. The lowest BCUT2D eigenvalue weighted by atomic mass is 10.0. The summed E-state index contributed by atoms with van der Waals surface area (Å²) in [6, 6.07) is 18.7. The third-order valence-corrected chi connectivity index (χ3v) is 3.22. The normalized spacial score (nSPS) is 13.7. The highest BCUT2D eigenvalue weighted by atomic mass is 16.4. The standard InChI is InChI=1S/C17H19NO2/c1-13(12-14-8-4-2-5-9-14)18-16(17(19)20)15-10-6-3-7-11-15/h2-11,13,16,18H,12H2,1H3,(H,19,20). The number of hydrogen-bond acceptors (Lipinski definition) is 2. The minimum Gasteiger partial charge on any atom is -0.480 e. The van der Waals surface area contributed by atoms with Crippen molar-refractivity contribution in [1.82, 2.24) is 5.32 Å². The zero-order chi connectivity index (χ0) is 14.4. The van der Waals surface area contributed by atoms with Crippen molar-refractivity contribution in [3.05, 3.63) is 71.8 Å². The number of hydrogen-bond donors (Lipinski definition) is 2. The Hall–Kier alpha value is -2.13. The molecule has 3 nitrogen and oxygen atoms in total. The maximum absolute atomic E-state index is 11.4. The second-order valence-corrected chi connectivity index (χ2v) is 4.94. The molecule has 2 aromatic carbocycles. The molecule has 0 aliphatic carbocycles. The second kappa shape index (κ2) is 6.87. The van der Waals surface area contributed by atoms with Crippen LogP contribution in [-0.2, 0) is 11.2 Å². The number of nitrogens with one attached hydrogen (secondary N) is 1. The van der Waals surface area contributed by atoms with E-state index in [1.54, 1.807) is 0 Å². The minimum atomic E-state index is -0.851. The van der Waals surface area contributed by atoms with Crippen LogP contribution in [0.3, 0.4) is 0 Å². The molecule has 0 saturated heterocycles. The van der Waals surface area contributed by atoms with Gasteiger partial charge in [-0.2, -0.15) is 0 Å². The van der Waals surface area contributed by atoms with Gasteiger partial charge in [-0.25, -0.2) is 0 Å². The predicted molar refractivity (Wildman–Crippen MR) is 79.6 cm³/mol. The van der Waals surface area contributed by atoms with E-state index in [1.807, 2.05) is 55.5 Å². The van der Waals surface area contributed by atoms with Gasteiger partial charge in [0.05, 0.1) is 0 Å². The first-order chi connectivity index (χ1) is 9.66. The SMILES string of the molecule is CC(Cc1ccccc1)NC(C(=O)O)c1ccccc1. The zero-order valence-corrected chi connectivity index (χ0v) is 11.5. The van der Waals surface area contributed by atoms with Crippen molar-refractivity contribution >= 4 is 5.97 Å². The number of aliphatic carboxylic acids is 1. The Morgan fingerprint density at radius 1 is 1.05 bits per heavy atom. The molecule has 0 amide bonds. The fraction of sp³-hybridized carbons (Fsp3) is 0.235. The summed E-state index contributed by atoms with van der Waals surface area (Å²) in [7, 11) is 0. The van der Waals surface area contributed by atoms with Crippen LogP contribution >= 0.6 is 0 Å². The zero-order valence-electron chi connectivity index (χ0n) is 11.5. The van der Waals surface area contributed by atoms with Crippen LogP contribution in [0.2, 0.25) is 0 Å². The van der Waals surface area contributed by atoms with E-state index in [1.165, 1.54) is 5.56 Å². The van der Waals surface area contributed by atoms with Crippen LogP contribution in [0.5, 0.6) is 0 Å². The third kappa shape index (κ3) is 3.93. The Morgan fingerprint density at radius 2 is 1.60 bits per heavy atom. The molecular weight excluding hydrogens is 250 g/mol. The van der Waals surface area contributed by atoms with Crippen LogP contribution in [0.15, 0.2) is 60.7 Å². The maximum atomic E-state index is 11.4. The summed E-state index contributed by atoms with van der Waals surface area (Å²) in [5.74, 6) is -0.851. The first-order valence-corrected chi connectivity index (χ1v) is 6.74. The topological polar surface area (TPSA) is 49.3 Å². The van der Waals surface area contributed by atoms with E-state index in [0.29, 0.717) is 0 Å². The highest BCUT2D eigenvalue weighted by molar-refractivity contribution is 5.75. The Kier molecular flexibility index (Phi) is 4.91. The van der Waals surface area contributed by atoms with Crippen LogP contribution in [0.25, 0.3) is 0 Å². The molecular formula is C17H19NO2. The monoisotopic (exact) mass is 269 g/mol. The highest BCUT2D eigenvalue weighted by Crippen LogP contribution is 2.14. The minimum absolute atomic E-state index is 0.0821. The van der Waals surface area contributed by atoms with Gasteiger partial charge >= 0.3 is 5.97 Å². The van der Waals surface area contributed by atoms with Crippen molar-refractivity contribution in [3.63, 3.8) is 0 Å². The van der Waals surface area contributed by atoms with Gasteiger partial charge in [0.25, 0.3) is 0 Å². The summed E-state index contributed by atoms with van der Waals surface area (Å²) in [5, 5.41) is 12.6. The lowest BCUT2D eigenvalue weighted by Gasteiger charge is -2.20. The lowest BCUT2D eigenvalue weighted by Crippen LogP contribution is -2.36. The quantitative estimate of drug-likeness (QED) is 0.847. The Morgan fingerprint density at radius 3 is 2.15 bits per heavy atom. The largest absolute Gasteiger partial charge is 0.480 e. The number of carbonyl (C=O) groups is 1. The van der Waals surface area contributed by atoms with E-state index in [-0.39, 0.29) is 6.04 Å². The summed E-state index contributed by atoms with van der Waals surface area (Å²) in [5.41, 5.74) is 1.98. The molecule has 0 fully saturated rings. The van der Waals surface area contributed by atoms with E-state index >= 15 is 0 Å². The fourth-order valence-corrected chi connectivity index (χ4v) is 2.27. The molecule has 20 heavy (non-hydrogen) atoms. The Balaban J connectivity index is 2.04. The van der Waals surface area contributed by atoms with Crippen molar-refractivity contribution in [3.8, 4) is 0 Å². The van der Waals surface area contributed by atoms with Gasteiger partial charge < -0.3 is 5.11 Å². The molecule has 0 aromatic heterocycles. The molecule has 0 aliphatic heterocycles. The Bertz CT molecular complexity index is 539. The smallest absolute Gasteiger partial charge is 0.325 e. The summed E-state index contributed by atoms with van der Waals surface area (Å²) >= 11 is 0. The van der Waals surface area contributed by atoms with Gasteiger partial charge in [-0.05, 0) is 24.5 Å². The molecule has 0 aliphatic rings. The average molecular weight is 269 g/mol. The van der Waals surface area contributed by atoms with Crippen LogP contribution in [-0.4, -0.2) is 17.1 Å². The van der Waals surface area contributed by atoms with Crippen molar-refractivity contribution in [2.24, 2.45) is 0 Å². The fourth-order valence-electron chi connectivity index (χ4n) is 2.27. The van der Waals surface area contributed by atoms with Gasteiger partial charge in [-0.1, -0.05) is 60.7 Å². The molecule has 0 radical (unpaired) electrons. The first kappa shape index (κ1) is 14.3. The van der Waals surface area contributed by atoms with Crippen LogP contribution in [0.4, 0.5) is 0 Å². The molecule has 2 unspecified atom stereocenters. The van der Waals surface area contributed by atoms with Gasteiger partial charge in [-0.3, -0.25) is 10.1 Å². The van der Waals surface area contributed by atoms with Gasteiger partial charge in [0.1, 0.15) is 6.04 Å². The van der Waals surface area contributed by atoms with E-state index in [4.69, 9.17) is 0 Å². The van der Waals surface area contributed by atoms with Crippen LogP contribution < -0.4 is 5.32 Å². The molecule has 2 N–H and O–H groups in total. The Labute approximate surface area is 119 Å². The summed E-state index contributed by atoms with van der Waals surface area (Å²) in [6.45, 7) is 2.01. The van der Waals surface area contributed by atoms with E-state index in [2.05, 4.69) is 17.4 Å². The third-order valence-electron chi connectivity index (χ3n) is 3.22. The van der Waals surface area contributed by atoms with Gasteiger partial charge in [0.2, 0.25) is 0 Å². The predicted octanol–water partition coefficient (Wildman–Crippen LogP) is 3.03. The molecule has 0 bridgehead atoms. The van der Waals surface area contributed by atoms with E-state index in [9.17, 15) is 9.90 Å². The maximum Gasteiger partial charge on any atom is 0.325 e. The van der Waals surface area contributed by atoms with Gasteiger partial charge in [0.15, 0.2) is 0 Å². The molecule has 2 atom stereocenters. The van der Waals surface area contributed by atoms with Gasteiger partial charge in [0, 0.05) is 6.04 Å². The molecule has 2 aromatic rings. The average Bonchev–Trinajstić information content (AvgIpc) is 2.46. The molecule has 0 spiro atoms. The summed E-state index contributed by atoms with van der Waals surface area (Å²) in [6.07, 6.45) is 0.803. The van der Waals surface area contributed by atoms with Crippen molar-refractivity contribution < 1.29 is 9.90 Å². The number of benzene rings is 2. The van der Waals surface area contributed by atoms with Crippen LogP contribution in [0, 0.1) is 0 Å². The molecule has 2 rings (SSSR count).